The van der Waals surface area contributed by atoms with Gasteiger partial charge in [-0.1, -0.05) is 32.9 Å². The molecule has 1 unspecified atom stereocenters. The van der Waals surface area contributed by atoms with Gasteiger partial charge in [-0.3, -0.25) is 14.9 Å². The Kier molecular flexibility index (Phi) is 5.62. The molecule has 1 amide bonds. The number of hydrogen-bond donors (Lipinski definition) is 2. The van der Waals surface area contributed by atoms with Crippen molar-refractivity contribution in [2.24, 2.45) is 0 Å². The van der Waals surface area contributed by atoms with E-state index in [-0.39, 0.29) is 23.0 Å². The Bertz CT molecular complexity index is 479. The number of carbonyl (C=O) groups is 2. The van der Waals surface area contributed by atoms with Gasteiger partial charge in [-0.05, 0) is 6.42 Å². The van der Waals surface area contributed by atoms with Gasteiger partial charge in [-0.2, -0.15) is 0 Å². The van der Waals surface area contributed by atoms with Gasteiger partial charge < -0.3 is 9.63 Å². The van der Waals surface area contributed by atoms with Crippen molar-refractivity contribution < 1.29 is 19.2 Å². The first-order valence-corrected chi connectivity index (χ1v) is 7.40. The fraction of sp³-hybridized carbons (Fsp3) is 0.615. The van der Waals surface area contributed by atoms with Crippen molar-refractivity contribution in [1.29, 1.82) is 0 Å². The molecule has 7 heteroatoms. The standard InChI is InChI=1S/C13H20N2O4S/c1-5-8(12(17)18)20-7-10(16)14-11-6-9(15-19-11)13(2,3)4/h6,8H,5,7H2,1-4H3,(H,14,16)(H,17,18). The van der Waals surface area contributed by atoms with E-state index in [0.717, 1.165) is 17.5 Å². The van der Waals surface area contributed by atoms with Gasteiger partial charge in [0.25, 0.3) is 0 Å². The summed E-state index contributed by atoms with van der Waals surface area (Å²) in [6, 6.07) is 1.68. The first-order chi connectivity index (χ1) is 9.24. The molecule has 1 aromatic rings. The molecule has 0 saturated heterocycles. The van der Waals surface area contributed by atoms with E-state index in [0.29, 0.717) is 6.42 Å². The molecule has 1 heterocycles. The number of nitrogens with zero attached hydrogens (tertiary/aromatic N) is 1. The topological polar surface area (TPSA) is 92.4 Å². The molecule has 1 aromatic heterocycles. The maximum Gasteiger partial charge on any atom is 0.316 e. The third-order valence-corrected chi connectivity index (χ3v) is 3.97. The number of hydrogen-bond acceptors (Lipinski definition) is 5. The Morgan fingerprint density at radius 1 is 1.50 bits per heavy atom. The highest BCUT2D eigenvalue weighted by Crippen LogP contribution is 2.24. The minimum Gasteiger partial charge on any atom is -0.480 e. The van der Waals surface area contributed by atoms with Crippen LogP contribution in [0.2, 0.25) is 0 Å². The van der Waals surface area contributed by atoms with Gasteiger partial charge in [-0.25, -0.2) is 0 Å². The molecule has 2 N–H and O–H groups in total. The van der Waals surface area contributed by atoms with E-state index in [4.69, 9.17) is 9.63 Å². The Hall–Kier alpha value is -1.50. The molecule has 1 atom stereocenters. The number of aromatic nitrogens is 1. The number of amides is 1. The summed E-state index contributed by atoms with van der Waals surface area (Å²) in [5.41, 5.74) is 0.593. The van der Waals surface area contributed by atoms with Crippen LogP contribution in [0.1, 0.15) is 39.8 Å². The Balaban J connectivity index is 2.51. The third-order valence-electron chi connectivity index (χ3n) is 2.60. The molecule has 1 rings (SSSR count). The predicted molar refractivity (Wildman–Crippen MR) is 78.0 cm³/mol. The van der Waals surface area contributed by atoms with Crippen molar-refractivity contribution in [3.63, 3.8) is 0 Å². The minimum atomic E-state index is -0.903. The maximum atomic E-state index is 11.7. The van der Waals surface area contributed by atoms with Crippen molar-refractivity contribution in [3.8, 4) is 0 Å². The van der Waals surface area contributed by atoms with Gasteiger partial charge in [0, 0.05) is 11.5 Å². The summed E-state index contributed by atoms with van der Waals surface area (Å²) >= 11 is 1.10. The van der Waals surface area contributed by atoms with Gasteiger partial charge in [0.15, 0.2) is 0 Å². The predicted octanol–water partition coefficient (Wildman–Crippen LogP) is 2.51. The molecule has 0 aromatic carbocycles. The van der Waals surface area contributed by atoms with Crippen LogP contribution in [0.4, 0.5) is 5.88 Å². The lowest BCUT2D eigenvalue weighted by Gasteiger charge is -2.12. The second-order valence-corrected chi connectivity index (χ2v) is 6.61. The van der Waals surface area contributed by atoms with Crippen LogP contribution in [-0.2, 0) is 15.0 Å². The third kappa shape index (κ3) is 4.88. The van der Waals surface area contributed by atoms with Crippen LogP contribution in [-0.4, -0.2) is 33.1 Å². The second kappa shape index (κ2) is 6.78. The first kappa shape index (κ1) is 16.6. The average molecular weight is 300 g/mol. The van der Waals surface area contributed by atoms with Gasteiger partial charge >= 0.3 is 5.97 Å². The highest BCUT2D eigenvalue weighted by atomic mass is 32.2. The summed E-state index contributed by atoms with van der Waals surface area (Å²) in [5, 5.41) is 14.8. The van der Waals surface area contributed by atoms with Crippen LogP contribution in [0.15, 0.2) is 10.6 Å². The summed E-state index contributed by atoms with van der Waals surface area (Å²) in [6.07, 6.45) is 0.476. The normalized spacial score (nSPS) is 13.0. The number of carboxylic acids is 1. The average Bonchev–Trinajstić information content (AvgIpc) is 2.77. The number of anilines is 1. The molecular formula is C13H20N2O4S. The quantitative estimate of drug-likeness (QED) is 0.838. The minimum absolute atomic E-state index is 0.0658. The van der Waals surface area contributed by atoms with Crippen molar-refractivity contribution in [1.82, 2.24) is 5.16 Å². The summed E-state index contributed by atoms with van der Waals surface area (Å²) < 4.78 is 5.03. The van der Waals surface area contributed by atoms with E-state index >= 15 is 0 Å². The monoisotopic (exact) mass is 300 g/mol. The van der Waals surface area contributed by atoms with Crippen LogP contribution >= 0.6 is 11.8 Å². The smallest absolute Gasteiger partial charge is 0.316 e. The summed E-state index contributed by atoms with van der Waals surface area (Å²) in [5.74, 6) is -0.855. The van der Waals surface area contributed by atoms with Crippen LogP contribution in [0, 0.1) is 0 Å². The molecule has 0 fully saturated rings. The highest BCUT2D eigenvalue weighted by Gasteiger charge is 2.21. The zero-order valence-corrected chi connectivity index (χ0v) is 12.9. The number of nitrogens with one attached hydrogen (secondary N) is 1. The van der Waals surface area contributed by atoms with Crippen LogP contribution in [0.3, 0.4) is 0 Å². The zero-order valence-electron chi connectivity index (χ0n) is 12.1. The van der Waals surface area contributed by atoms with E-state index in [1.54, 1.807) is 13.0 Å². The molecule has 0 aliphatic carbocycles. The van der Waals surface area contributed by atoms with Gasteiger partial charge in [0.1, 0.15) is 5.25 Å². The molecule has 6 nitrogen and oxygen atoms in total. The molecule has 0 aliphatic rings. The molecule has 0 saturated carbocycles. The largest absolute Gasteiger partial charge is 0.480 e. The van der Waals surface area contributed by atoms with Gasteiger partial charge in [0.05, 0.1) is 11.4 Å². The fourth-order valence-corrected chi connectivity index (χ4v) is 2.20. The summed E-state index contributed by atoms with van der Waals surface area (Å²) in [4.78, 5) is 22.5. The highest BCUT2D eigenvalue weighted by molar-refractivity contribution is 8.01. The van der Waals surface area contributed by atoms with Crippen molar-refractivity contribution in [3.05, 3.63) is 11.8 Å². The SMILES string of the molecule is CCC(SCC(=O)Nc1cc(C(C)(C)C)no1)C(=O)O. The van der Waals surface area contributed by atoms with Crippen LogP contribution in [0.25, 0.3) is 0 Å². The Morgan fingerprint density at radius 3 is 2.60 bits per heavy atom. The zero-order chi connectivity index (χ0) is 15.3. The second-order valence-electron chi connectivity index (χ2n) is 5.42. The number of aliphatic carboxylic acids is 1. The number of thioether (sulfide) groups is 1. The molecular weight excluding hydrogens is 280 g/mol. The maximum absolute atomic E-state index is 11.7. The molecule has 0 bridgehead atoms. The first-order valence-electron chi connectivity index (χ1n) is 6.35. The van der Waals surface area contributed by atoms with Crippen molar-refractivity contribution in [2.45, 2.75) is 44.8 Å². The molecule has 0 spiro atoms. The van der Waals surface area contributed by atoms with Crippen molar-refractivity contribution >= 4 is 29.5 Å². The molecule has 0 aliphatic heterocycles. The van der Waals surface area contributed by atoms with E-state index in [1.165, 1.54) is 0 Å². The lowest BCUT2D eigenvalue weighted by atomic mass is 9.92. The van der Waals surface area contributed by atoms with E-state index in [2.05, 4.69) is 10.5 Å². The van der Waals surface area contributed by atoms with Crippen LogP contribution < -0.4 is 5.32 Å². The lowest BCUT2D eigenvalue weighted by molar-refractivity contribution is -0.136. The molecule has 20 heavy (non-hydrogen) atoms. The molecule has 112 valence electrons. The number of carbonyl (C=O) groups excluding carboxylic acids is 1. The fourth-order valence-electron chi connectivity index (χ4n) is 1.40. The van der Waals surface area contributed by atoms with Gasteiger partial charge in [0.2, 0.25) is 11.8 Å². The number of carboxylic acid groups (broad SMARTS) is 1. The van der Waals surface area contributed by atoms with Gasteiger partial charge in [-0.15, -0.1) is 11.8 Å². The van der Waals surface area contributed by atoms with E-state index in [9.17, 15) is 9.59 Å². The molecule has 0 radical (unpaired) electrons. The van der Waals surface area contributed by atoms with Crippen LogP contribution in [0.5, 0.6) is 0 Å². The van der Waals surface area contributed by atoms with Crippen molar-refractivity contribution in [2.75, 3.05) is 11.1 Å². The summed E-state index contributed by atoms with van der Waals surface area (Å²) in [7, 11) is 0. The number of rotatable bonds is 6. The lowest BCUT2D eigenvalue weighted by Crippen LogP contribution is -2.20. The Labute approximate surface area is 122 Å². The summed E-state index contributed by atoms with van der Waals surface area (Å²) in [6.45, 7) is 7.75. The Morgan fingerprint density at radius 2 is 2.15 bits per heavy atom. The van der Waals surface area contributed by atoms with E-state index < -0.39 is 11.2 Å². The van der Waals surface area contributed by atoms with E-state index in [1.807, 2.05) is 20.8 Å².